The highest BCUT2D eigenvalue weighted by molar-refractivity contribution is 6.43. The van der Waals surface area contributed by atoms with Crippen LogP contribution in [0.15, 0.2) is 72.2 Å². The maximum Gasteiger partial charge on any atom is 0.416 e. The summed E-state index contributed by atoms with van der Waals surface area (Å²) < 4.78 is 41.4. The second-order valence-electron chi connectivity index (χ2n) is 7.66. The van der Waals surface area contributed by atoms with Gasteiger partial charge in [0, 0.05) is 27.1 Å². The summed E-state index contributed by atoms with van der Waals surface area (Å²) in [5.74, 6) is 0.861. The lowest BCUT2D eigenvalue weighted by molar-refractivity contribution is -0.694. The van der Waals surface area contributed by atoms with Gasteiger partial charge in [0.2, 0.25) is 5.82 Å². The molecule has 3 heterocycles. The molecule has 9 nitrogen and oxygen atoms in total. The van der Waals surface area contributed by atoms with E-state index >= 15 is 0 Å². The summed E-state index contributed by atoms with van der Waals surface area (Å²) in [5, 5.41) is 13.1. The smallest absolute Gasteiger partial charge is 0.347 e. The zero-order valence-corrected chi connectivity index (χ0v) is 19.7. The quantitative estimate of drug-likeness (QED) is 0.322. The fraction of sp³-hybridized carbons (Fsp3) is 0.292. The maximum absolute atomic E-state index is 13.1. The third kappa shape index (κ3) is 6.60. The average molecular weight is 505 g/mol. The van der Waals surface area contributed by atoms with Crippen molar-refractivity contribution in [1.82, 2.24) is 30.8 Å². The fourth-order valence-electron chi connectivity index (χ4n) is 3.49. The van der Waals surface area contributed by atoms with Crippen molar-refractivity contribution in [3.05, 3.63) is 79.4 Å². The van der Waals surface area contributed by atoms with Gasteiger partial charge in [-0.2, -0.15) is 13.2 Å². The number of rotatable bonds is 11. The Morgan fingerprint density at radius 3 is 2.78 bits per heavy atom. The number of hydrogen-bond acceptors (Lipinski definition) is 6. The average Bonchev–Trinajstić information content (AvgIpc) is 3.27. The lowest BCUT2D eigenvalue weighted by Gasteiger charge is -2.17. The van der Waals surface area contributed by atoms with E-state index in [-0.39, 0.29) is 20.7 Å². The number of aliphatic imine (C=N–C) groups is 1. The van der Waals surface area contributed by atoms with Gasteiger partial charge in [0.25, 0.3) is 5.91 Å². The number of carbonyl (C=O) groups excluding carboxylic acids is 1. The normalized spacial score (nSPS) is 16.2. The van der Waals surface area contributed by atoms with E-state index < -0.39 is 23.8 Å². The summed E-state index contributed by atoms with van der Waals surface area (Å²) in [7, 11) is 0. The number of carbonyl (C=O) groups is 1. The third-order valence-electron chi connectivity index (χ3n) is 5.21. The predicted molar refractivity (Wildman–Crippen MR) is 132 cm³/mol. The van der Waals surface area contributed by atoms with Gasteiger partial charge in [-0.3, -0.25) is 15.1 Å². The summed E-state index contributed by atoms with van der Waals surface area (Å²) in [4.78, 5) is 25.1. The number of aromatic nitrogens is 5. The minimum absolute atomic E-state index is 0. The minimum Gasteiger partial charge on any atom is -0.347 e. The predicted octanol–water partition coefficient (Wildman–Crippen LogP) is 3.03. The Hall–Kier alpha value is -3.93. The summed E-state index contributed by atoms with van der Waals surface area (Å²) in [5.41, 5.74) is -0.374. The Morgan fingerprint density at radius 1 is 1.33 bits per heavy atom. The monoisotopic (exact) mass is 504 g/mol. The van der Waals surface area contributed by atoms with E-state index in [2.05, 4.69) is 55.9 Å². The molecule has 2 aromatic heterocycles. The Bertz CT molecular complexity index is 1190. The van der Waals surface area contributed by atoms with Crippen molar-refractivity contribution < 1.29 is 25.4 Å². The minimum atomic E-state index is -4.60. The number of hydrogen-bond donors (Lipinski definition) is 3. The molecular formula is C24H31F3N8O+. The summed E-state index contributed by atoms with van der Waals surface area (Å²) in [6.07, 6.45) is 5.51. The molecule has 0 spiro atoms. The van der Waals surface area contributed by atoms with E-state index in [1.807, 2.05) is 4.57 Å². The molecular weight excluding hydrogens is 473 g/mol. The number of amides is 1. The molecule has 12 heteroatoms. The zero-order chi connectivity index (χ0) is 26.1. The van der Waals surface area contributed by atoms with Gasteiger partial charge < -0.3 is 5.32 Å². The van der Waals surface area contributed by atoms with Crippen molar-refractivity contribution in [3.63, 3.8) is 0 Å². The number of nitrogens with one attached hydrogen (secondary N) is 3. The number of H-pyrrole nitrogens is 1. The lowest BCUT2D eigenvalue weighted by Crippen LogP contribution is -2.42. The van der Waals surface area contributed by atoms with Crippen LogP contribution in [0.1, 0.15) is 22.0 Å². The first-order chi connectivity index (χ1) is 17.3. The Kier molecular flexibility index (Phi) is 9.01. The second-order valence-corrected chi connectivity index (χ2v) is 7.66. The van der Waals surface area contributed by atoms with Gasteiger partial charge in [0.1, 0.15) is 23.9 Å². The largest absolute Gasteiger partial charge is 0.416 e. The van der Waals surface area contributed by atoms with E-state index in [0.29, 0.717) is 30.7 Å². The molecule has 0 aromatic carbocycles. The molecule has 0 fully saturated rings. The highest BCUT2D eigenvalue weighted by Gasteiger charge is 2.33. The molecule has 1 amide bonds. The summed E-state index contributed by atoms with van der Waals surface area (Å²) in [6, 6.07) is 1.77. The van der Waals surface area contributed by atoms with Crippen LogP contribution in [0.3, 0.4) is 0 Å². The molecule has 36 heavy (non-hydrogen) atoms. The van der Waals surface area contributed by atoms with Crippen LogP contribution >= 0.6 is 0 Å². The van der Waals surface area contributed by atoms with Crippen LogP contribution in [0.5, 0.6) is 0 Å². The number of allylic oxidation sites excluding steroid dienone is 2. The SMILES string of the molecule is C=C/C(CNC(=O)C1=NC(NCc2[nH]nc(-c3ccncn3)[n+]2CCC)[CH]C=C1)=C(\C=C)C(F)(F)F.[HH].[HH]. The van der Waals surface area contributed by atoms with E-state index in [4.69, 9.17) is 0 Å². The van der Waals surface area contributed by atoms with Crippen LogP contribution in [-0.4, -0.2) is 50.7 Å². The Balaban J connectivity index is 0.00000361. The first-order valence-electron chi connectivity index (χ1n) is 11.2. The lowest BCUT2D eigenvalue weighted by atomic mass is 10.1. The van der Waals surface area contributed by atoms with Gasteiger partial charge in [-0.05, 0) is 24.1 Å². The molecule has 0 saturated heterocycles. The number of nitrogens with zero attached hydrogens (tertiary/aromatic N) is 5. The van der Waals surface area contributed by atoms with Crippen molar-refractivity contribution in [1.29, 1.82) is 0 Å². The van der Waals surface area contributed by atoms with Crippen molar-refractivity contribution in [3.8, 4) is 11.5 Å². The molecule has 193 valence electrons. The van der Waals surface area contributed by atoms with Gasteiger partial charge >= 0.3 is 12.0 Å². The molecule has 1 aliphatic rings. The van der Waals surface area contributed by atoms with E-state index in [1.165, 1.54) is 12.4 Å². The topological polar surface area (TPSA) is 112 Å². The first kappa shape index (κ1) is 26.7. The van der Waals surface area contributed by atoms with E-state index in [0.717, 1.165) is 18.3 Å². The molecule has 0 aliphatic carbocycles. The fourth-order valence-corrected chi connectivity index (χ4v) is 3.49. The highest BCUT2D eigenvalue weighted by Crippen LogP contribution is 2.29. The summed E-state index contributed by atoms with van der Waals surface area (Å²) in [6.45, 7) is 9.37. The molecule has 1 atom stereocenters. The summed E-state index contributed by atoms with van der Waals surface area (Å²) >= 11 is 0. The number of alkyl halides is 3. The number of halogens is 3. The molecule has 3 rings (SSSR count). The van der Waals surface area contributed by atoms with Crippen molar-refractivity contribution in [2.45, 2.75) is 38.8 Å². The van der Waals surface area contributed by atoms with Crippen molar-refractivity contribution >= 4 is 11.6 Å². The van der Waals surface area contributed by atoms with E-state index in [9.17, 15) is 18.0 Å². The van der Waals surface area contributed by atoms with E-state index in [1.54, 1.807) is 24.8 Å². The Labute approximate surface area is 209 Å². The molecule has 2 aromatic rings. The second kappa shape index (κ2) is 12.2. The van der Waals surface area contributed by atoms with Gasteiger partial charge in [0.05, 0.1) is 18.7 Å². The van der Waals surface area contributed by atoms with Gasteiger partial charge in [-0.25, -0.2) is 14.5 Å². The molecule has 0 bridgehead atoms. The molecule has 1 unspecified atom stereocenters. The number of aromatic amines is 1. The van der Waals surface area contributed by atoms with Crippen LogP contribution in [0.2, 0.25) is 0 Å². The van der Waals surface area contributed by atoms with Crippen LogP contribution in [0, 0.1) is 6.42 Å². The van der Waals surface area contributed by atoms with Crippen molar-refractivity contribution in [2.24, 2.45) is 4.99 Å². The first-order valence-corrected chi connectivity index (χ1v) is 11.2. The van der Waals surface area contributed by atoms with Gasteiger partial charge in [-0.15, -0.1) is 5.10 Å². The van der Waals surface area contributed by atoms with Crippen LogP contribution in [-0.2, 0) is 17.9 Å². The van der Waals surface area contributed by atoms with Crippen LogP contribution in [0.4, 0.5) is 13.2 Å². The molecule has 3 N–H and O–H groups in total. The number of dihydropyridines is 1. The van der Waals surface area contributed by atoms with Gasteiger partial charge in [0.15, 0.2) is 0 Å². The standard InChI is InChI=1S/C24H26F3N8O.2H2/c1-4-12-35-21(33-34-22(35)18-10-11-28-15-31-18)14-29-20-9-7-8-19(32-20)23(36)30-13-16(5-2)17(6-3)24(25,26)27;;/h5-11,15,20,29H,2-4,12-14H2,1H3,(H,30,36);2*1H/p+1/b17-16-;;. The Morgan fingerprint density at radius 2 is 2.14 bits per heavy atom. The van der Waals surface area contributed by atoms with Crippen molar-refractivity contribution in [2.75, 3.05) is 6.54 Å². The highest BCUT2D eigenvalue weighted by atomic mass is 19.4. The van der Waals surface area contributed by atoms with Crippen LogP contribution < -0.4 is 15.2 Å². The molecule has 0 saturated carbocycles. The zero-order valence-electron chi connectivity index (χ0n) is 19.7. The third-order valence-corrected chi connectivity index (χ3v) is 5.21. The molecule has 1 radical (unpaired) electrons. The van der Waals surface area contributed by atoms with Crippen LogP contribution in [0.25, 0.3) is 11.5 Å². The van der Waals surface area contributed by atoms with Gasteiger partial charge in [-0.1, -0.05) is 38.3 Å². The maximum atomic E-state index is 13.1. The molecule has 1 aliphatic heterocycles.